The van der Waals surface area contributed by atoms with Gasteiger partial charge in [-0.25, -0.2) is 13.6 Å². The number of hydrogen-bond donors (Lipinski definition) is 1. The van der Waals surface area contributed by atoms with E-state index in [0.29, 0.717) is 27.8 Å². The summed E-state index contributed by atoms with van der Waals surface area (Å²) in [6.45, 7) is 8.90. The molecule has 0 atom stereocenters. The van der Waals surface area contributed by atoms with Gasteiger partial charge in [0.1, 0.15) is 23.9 Å². The molecule has 4 aromatic rings. The quantitative estimate of drug-likeness (QED) is 0.503. The van der Waals surface area contributed by atoms with Crippen LogP contribution >= 0.6 is 0 Å². The second kappa shape index (κ2) is 8.25. The van der Waals surface area contributed by atoms with Crippen LogP contribution in [0.2, 0.25) is 0 Å². The minimum Gasteiger partial charge on any atom is -0.388 e. The molecule has 0 aliphatic carbocycles. The van der Waals surface area contributed by atoms with E-state index in [1.807, 2.05) is 0 Å². The third-order valence-corrected chi connectivity index (χ3v) is 5.60. The van der Waals surface area contributed by atoms with Crippen molar-refractivity contribution in [3.05, 3.63) is 92.5 Å². The molecule has 0 fully saturated rings. The van der Waals surface area contributed by atoms with E-state index in [1.54, 1.807) is 26.8 Å². The molecule has 0 aliphatic heterocycles. The highest BCUT2D eigenvalue weighted by atomic mass is 19.1. The highest BCUT2D eigenvalue weighted by molar-refractivity contribution is 5.94. The molecule has 33 heavy (non-hydrogen) atoms. The summed E-state index contributed by atoms with van der Waals surface area (Å²) in [6.07, 6.45) is 1.53. The zero-order valence-corrected chi connectivity index (χ0v) is 18.4. The van der Waals surface area contributed by atoms with E-state index in [0.717, 1.165) is 10.7 Å². The minimum atomic E-state index is -0.840. The van der Waals surface area contributed by atoms with E-state index in [-0.39, 0.29) is 23.4 Å². The van der Waals surface area contributed by atoms with Crippen LogP contribution in [0.4, 0.5) is 8.78 Å². The monoisotopic (exact) mass is 452 g/mol. The highest BCUT2D eigenvalue weighted by Crippen LogP contribution is 2.27. The molecule has 1 N–H and O–H groups in total. The Labute approximate surface area is 187 Å². The molecular weight excluding hydrogens is 430 g/mol. The Kier molecular flexibility index (Phi) is 5.59. The van der Waals surface area contributed by atoms with E-state index in [1.165, 1.54) is 33.5 Å². The lowest BCUT2D eigenvalue weighted by Gasteiger charge is -2.15. The van der Waals surface area contributed by atoms with Crippen LogP contribution in [0, 0.1) is 18.6 Å². The average molecular weight is 452 g/mol. The number of benzene rings is 2. The second-order valence-electron chi connectivity index (χ2n) is 7.79. The molecule has 7 nitrogen and oxygen atoms in total. The normalized spacial score (nSPS) is 11.3. The van der Waals surface area contributed by atoms with E-state index < -0.39 is 29.5 Å². The lowest BCUT2D eigenvalue weighted by atomic mass is 10.0. The Morgan fingerprint density at radius 1 is 1.12 bits per heavy atom. The number of hydrogen-bond acceptors (Lipinski definition) is 4. The van der Waals surface area contributed by atoms with Gasteiger partial charge in [0.05, 0.1) is 11.1 Å². The Morgan fingerprint density at radius 3 is 2.45 bits per heavy atom. The number of rotatable bonds is 5. The lowest BCUT2D eigenvalue weighted by Crippen LogP contribution is -2.25. The minimum absolute atomic E-state index is 0.0470. The predicted molar refractivity (Wildman–Crippen MR) is 122 cm³/mol. The first-order valence-corrected chi connectivity index (χ1v) is 10.3. The average Bonchev–Trinajstić information content (AvgIpc) is 3.10. The largest absolute Gasteiger partial charge is 0.388 e. The summed E-state index contributed by atoms with van der Waals surface area (Å²) in [5, 5.41) is 14.0. The molecule has 2 aromatic heterocycles. The Hall–Kier alpha value is -3.85. The highest BCUT2D eigenvalue weighted by Gasteiger charge is 2.20. The van der Waals surface area contributed by atoms with Gasteiger partial charge in [-0.05, 0) is 61.6 Å². The third-order valence-electron chi connectivity index (χ3n) is 5.60. The molecule has 0 unspecified atom stereocenters. The first-order valence-electron chi connectivity index (χ1n) is 10.3. The fourth-order valence-corrected chi connectivity index (χ4v) is 3.90. The number of nitrogens with zero attached hydrogens (tertiary/aromatic N) is 4. The summed E-state index contributed by atoms with van der Waals surface area (Å²) >= 11 is 0. The van der Waals surface area contributed by atoms with Crippen LogP contribution in [0.3, 0.4) is 0 Å². The molecule has 0 spiro atoms. The van der Waals surface area contributed by atoms with Crippen LogP contribution in [-0.2, 0) is 13.2 Å². The van der Waals surface area contributed by atoms with Crippen molar-refractivity contribution in [3.8, 4) is 11.4 Å². The first-order chi connectivity index (χ1) is 15.7. The van der Waals surface area contributed by atoms with E-state index >= 15 is 4.39 Å². The summed E-state index contributed by atoms with van der Waals surface area (Å²) < 4.78 is 32.5. The van der Waals surface area contributed by atoms with Crippen molar-refractivity contribution < 1.29 is 13.9 Å². The lowest BCUT2D eigenvalue weighted by molar-refractivity contribution is 0.264. The summed E-state index contributed by atoms with van der Waals surface area (Å²) in [6, 6.07) is 6.50. The van der Waals surface area contributed by atoms with Crippen LogP contribution in [0.25, 0.3) is 27.7 Å². The smallest absolute Gasteiger partial charge is 0.350 e. The summed E-state index contributed by atoms with van der Waals surface area (Å²) in [5.74, 6) is -1.25. The van der Waals surface area contributed by atoms with Crippen molar-refractivity contribution in [2.24, 2.45) is 0 Å². The summed E-state index contributed by atoms with van der Waals surface area (Å²) in [7, 11) is 0. The second-order valence-corrected chi connectivity index (χ2v) is 7.79. The van der Waals surface area contributed by atoms with Crippen molar-refractivity contribution >= 4 is 16.3 Å². The standard InChI is InChI=1S/C24H22F2N4O3/c1-5-28-22(12-31)27-30(24(28)33)21-10-16-17(9-19(21)26)23(32)29(11-18(16)13(2)3)20-8-15(25)7-6-14(20)4/h6-11,31H,2,5,12H2,1,3-4H3. The molecule has 0 saturated heterocycles. The van der Waals surface area contributed by atoms with Gasteiger partial charge in [0.25, 0.3) is 5.56 Å². The summed E-state index contributed by atoms with van der Waals surface area (Å²) in [5.41, 5.74) is 0.797. The zero-order valence-electron chi connectivity index (χ0n) is 18.4. The molecule has 0 aliphatic rings. The van der Waals surface area contributed by atoms with E-state index in [4.69, 9.17) is 0 Å². The molecule has 0 amide bonds. The third kappa shape index (κ3) is 3.60. The fraction of sp³-hybridized carbons (Fsp3) is 0.208. The van der Waals surface area contributed by atoms with Gasteiger partial charge in [-0.3, -0.25) is 13.9 Å². The number of aryl methyl sites for hydroxylation is 1. The van der Waals surface area contributed by atoms with Crippen LogP contribution < -0.4 is 11.2 Å². The Morgan fingerprint density at radius 2 is 1.85 bits per heavy atom. The van der Waals surface area contributed by atoms with Crippen LogP contribution in [0.5, 0.6) is 0 Å². The molecule has 0 bridgehead atoms. The maximum atomic E-state index is 15.2. The molecule has 0 radical (unpaired) electrons. The van der Waals surface area contributed by atoms with Gasteiger partial charge >= 0.3 is 5.69 Å². The molecular formula is C24H22F2N4O3. The van der Waals surface area contributed by atoms with Gasteiger partial charge in [0.2, 0.25) is 0 Å². The molecule has 0 saturated carbocycles. The van der Waals surface area contributed by atoms with Gasteiger partial charge < -0.3 is 5.11 Å². The van der Waals surface area contributed by atoms with Gasteiger partial charge in [-0.2, -0.15) is 4.68 Å². The van der Waals surface area contributed by atoms with Crippen molar-refractivity contribution in [2.75, 3.05) is 0 Å². The molecule has 2 heterocycles. The number of halogens is 2. The SMILES string of the molecule is C=C(C)c1cn(-c2cc(F)ccc2C)c(=O)c2cc(F)c(-n3nc(CO)n(CC)c3=O)cc12. The van der Waals surface area contributed by atoms with Gasteiger partial charge in [0, 0.05) is 18.3 Å². The molecule has 9 heteroatoms. The number of aromatic nitrogens is 4. The van der Waals surface area contributed by atoms with Crippen LogP contribution in [0.15, 0.2) is 52.7 Å². The van der Waals surface area contributed by atoms with Crippen LogP contribution in [-0.4, -0.2) is 24.0 Å². The maximum absolute atomic E-state index is 15.2. The van der Waals surface area contributed by atoms with Crippen molar-refractivity contribution in [2.45, 2.75) is 33.9 Å². The van der Waals surface area contributed by atoms with Crippen LogP contribution in [0.1, 0.15) is 30.8 Å². The number of allylic oxidation sites excluding steroid dienone is 1. The van der Waals surface area contributed by atoms with E-state index in [9.17, 15) is 19.1 Å². The number of aliphatic hydroxyl groups excluding tert-OH is 1. The first kappa shape index (κ1) is 22.3. The molecule has 2 aromatic carbocycles. The number of fused-ring (bicyclic) bond motifs is 1. The topological polar surface area (TPSA) is 82.0 Å². The van der Waals surface area contributed by atoms with Crippen molar-refractivity contribution in [3.63, 3.8) is 0 Å². The Bertz CT molecular complexity index is 1550. The summed E-state index contributed by atoms with van der Waals surface area (Å²) in [4.78, 5) is 26.0. The molecule has 170 valence electrons. The predicted octanol–water partition coefficient (Wildman–Crippen LogP) is 3.47. The fourth-order valence-electron chi connectivity index (χ4n) is 3.90. The number of aliphatic hydroxyl groups is 1. The van der Waals surface area contributed by atoms with Crippen molar-refractivity contribution in [1.29, 1.82) is 0 Å². The number of pyridine rings is 1. The van der Waals surface area contributed by atoms with Gasteiger partial charge in [-0.15, -0.1) is 5.10 Å². The van der Waals surface area contributed by atoms with Gasteiger partial charge in [-0.1, -0.05) is 12.6 Å². The maximum Gasteiger partial charge on any atom is 0.350 e. The van der Waals surface area contributed by atoms with Crippen molar-refractivity contribution in [1.82, 2.24) is 18.9 Å². The molecule has 4 rings (SSSR count). The zero-order chi connectivity index (χ0) is 24.0. The van der Waals surface area contributed by atoms with E-state index in [2.05, 4.69) is 11.7 Å². The Balaban J connectivity index is 2.07. The van der Waals surface area contributed by atoms with Gasteiger partial charge in [0.15, 0.2) is 5.82 Å².